The number of methoxy groups -OCH3 is 1. The van der Waals surface area contributed by atoms with Gasteiger partial charge in [0, 0.05) is 31.7 Å². The number of hydrogen-bond donors (Lipinski definition) is 1. The van der Waals surface area contributed by atoms with Crippen LogP contribution in [0.15, 0.2) is 53.3 Å². The third kappa shape index (κ3) is 4.56. The van der Waals surface area contributed by atoms with Crippen molar-refractivity contribution < 1.29 is 19.0 Å². The van der Waals surface area contributed by atoms with Crippen molar-refractivity contribution in [3.05, 3.63) is 70.0 Å². The molecular weight excluding hydrogens is 396 g/mol. The normalized spacial score (nSPS) is 15.7. The lowest BCUT2D eigenvalue weighted by atomic mass is 10.1. The Morgan fingerprint density at radius 3 is 2.81 bits per heavy atom. The van der Waals surface area contributed by atoms with E-state index in [4.69, 9.17) is 14.2 Å². The molecule has 7 heteroatoms. The number of aryl methyl sites for hydroxylation is 1. The molecule has 0 saturated carbocycles. The number of hydrogen-bond acceptors (Lipinski definition) is 5. The molecule has 2 aromatic carbocycles. The maximum Gasteiger partial charge on any atom is 0.252 e. The highest BCUT2D eigenvalue weighted by Gasteiger charge is 2.17. The summed E-state index contributed by atoms with van der Waals surface area (Å²) in [5.74, 6) is 0.945. The number of pyridine rings is 1. The van der Waals surface area contributed by atoms with Crippen molar-refractivity contribution in [3.8, 4) is 11.5 Å². The number of rotatable bonds is 7. The second kappa shape index (κ2) is 9.22. The van der Waals surface area contributed by atoms with Gasteiger partial charge in [0.1, 0.15) is 6.61 Å². The van der Waals surface area contributed by atoms with Crippen molar-refractivity contribution in [2.45, 2.75) is 25.5 Å². The summed E-state index contributed by atoms with van der Waals surface area (Å²) >= 11 is 0. The van der Waals surface area contributed by atoms with Gasteiger partial charge in [0.25, 0.3) is 11.5 Å². The first kappa shape index (κ1) is 20.9. The quantitative estimate of drug-likeness (QED) is 0.633. The first-order valence-corrected chi connectivity index (χ1v) is 10.3. The van der Waals surface area contributed by atoms with Crippen LogP contribution in [0.5, 0.6) is 11.5 Å². The third-order valence-corrected chi connectivity index (χ3v) is 5.53. The van der Waals surface area contributed by atoms with Crippen molar-refractivity contribution in [3.63, 3.8) is 0 Å². The molecule has 162 valence electrons. The lowest BCUT2D eigenvalue weighted by molar-refractivity contribution is 0.0669. The molecule has 0 radical (unpaired) electrons. The molecular formula is C24H26N2O5. The van der Waals surface area contributed by atoms with E-state index >= 15 is 0 Å². The standard InChI is InChI=1S/C24H26N2O5/c1-26-20-8-4-3-7-18(20)19(13-23(26)27)24(28)25-14-16-9-10-21(22(12-16)29-2)31-15-17-6-5-11-30-17/h3-4,7-10,12-13,17H,5-6,11,14-15H2,1-2H3,(H,25,28). The molecule has 4 rings (SSSR count). The Bertz CT molecular complexity index is 1150. The molecule has 1 fully saturated rings. The molecule has 1 atom stereocenters. The monoisotopic (exact) mass is 422 g/mol. The van der Waals surface area contributed by atoms with Gasteiger partial charge in [0.2, 0.25) is 0 Å². The topological polar surface area (TPSA) is 78.8 Å². The van der Waals surface area contributed by atoms with Gasteiger partial charge >= 0.3 is 0 Å². The van der Waals surface area contributed by atoms with Crippen LogP contribution in [0.4, 0.5) is 0 Å². The highest BCUT2D eigenvalue weighted by atomic mass is 16.5. The molecule has 0 spiro atoms. The Kier molecular flexibility index (Phi) is 6.23. The molecule has 31 heavy (non-hydrogen) atoms. The fraction of sp³-hybridized carbons (Fsp3) is 0.333. The molecule has 2 heterocycles. The highest BCUT2D eigenvalue weighted by Crippen LogP contribution is 2.29. The first-order valence-electron chi connectivity index (χ1n) is 10.3. The maximum absolute atomic E-state index is 12.8. The average Bonchev–Trinajstić information content (AvgIpc) is 3.32. The van der Waals surface area contributed by atoms with Crippen LogP contribution in [0.3, 0.4) is 0 Å². The largest absolute Gasteiger partial charge is 0.493 e. The number of para-hydroxylation sites is 1. The van der Waals surface area contributed by atoms with Crippen LogP contribution in [0.1, 0.15) is 28.8 Å². The van der Waals surface area contributed by atoms with Gasteiger partial charge in [-0.25, -0.2) is 0 Å². The van der Waals surface area contributed by atoms with E-state index in [2.05, 4.69) is 5.32 Å². The maximum atomic E-state index is 12.8. The molecule has 1 unspecified atom stereocenters. The van der Waals surface area contributed by atoms with Gasteiger partial charge in [-0.15, -0.1) is 0 Å². The second-order valence-corrected chi connectivity index (χ2v) is 7.59. The van der Waals surface area contributed by atoms with Crippen LogP contribution in [-0.2, 0) is 18.3 Å². The van der Waals surface area contributed by atoms with Gasteiger partial charge in [-0.2, -0.15) is 0 Å². The summed E-state index contributed by atoms with van der Waals surface area (Å²) in [5, 5.41) is 3.63. The number of carbonyl (C=O) groups excluding carboxylic acids is 1. The fourth-order valence-corrected chi connectivity index (χ4v) is 3.78. The number of ether oxygens (including phenoxy) is 3. The summed E-state index contributed by atoms with van der Waals surface area (Å²) in [6, 6.07) is 14.3. The van der Waals surface area contributed by atoms with Crippen LogP contribution in [0, 0.1) is 0 Å². The van der Waals surface area contributed by atoms with Gasteiger partial charge < -0.3 is 24.1 Å². The zero-order valence-corrected chi connectivity index (χ0v) is 17.7. The van der Waals surface area contributed by atoms with Crippen LogP contribution in [-0.4, -0.2) is 36.9 Å². The van der Waals surface area contributed by atoms with Crippen molar-refractivity contribution >= 4 is 16.8 Å². The molecule has 0 aliphatic carbocycles. The van der Waals surface area contributed by atoms with Crippen LogP contribution in [0.2, 0.25) is 0 Å². The summed E-state index contributed by atoms with van der Waals surface area (Å²) in [6.07, 6.45) is 2.19. The number of nitrogens with zero attached hydrogens (tertiary/aromatic N) is 1. The number of fused-ring (bicyclic) bond motifs is 1. The molecule has 1 aromatic heterocycles. The van der Waals surface area contributed by atoms with Crippen molar-refractivity contribution in [2.75, 3.05) is 20.3 Å². The fourth-order valence-electron chi connectivity index (χ4n) is 3.78. The Morgan fingerprint density at radius 1 is 1.19 bits per heavy atom. The van der Waals surface area contributed by atoms with E-state index in [1.165, 1.54) is 10.6 Å². The zero-order chi connectivity index (χ0) is 21.8. The minimum atomic E-state index is -0.299. The van der Waals surface area contributed by atoms with E-state index in [-0.39, 0.29) is 17.6 Å². The van der Waals surface area contributed by atoms with E-state index in [1.54, 1.807) is 14.2 Å². The SMILES string of the molecule is COc1cc(CNC(=O)c2cc(=O)n(C)c3ccccc23)ccc1OCC1CCCO1. The Hall–Kier alpha value is -3.32. The lowest BCUT2D eigenvalue weighted by Crippen LogP contribution is -2.26. The predicted octanol–water partition coefficient (Wildman–Crippen LogP) is 3.03. The van der Waals surface area contributed by atoms with Crippen molar-refractivity contribution in [2.24, 2.45) is 7.05 Å². The molecule has 1 aliphatic rings. The van der Waals surface area contributed by atoms with Crippen molar-refractivity contribution in [1.29, 1.82) is 0 Å². The summed E-state index contributed by atoms with van der Waals surface area (Å²) in [7, 11) is 3.28. The van der Waals surface area contributed by atoms with Crippen LogP contribution in [0.25, 0.3) is 10.9 Å². The summed E-state index contributed by atoms with van der Waals surface area (Å²) in [4.78, 5) is 25.1. The van der Waals surface area contributed by atoms with E-state index in [0.29, 0.717) is 30.2 Å². The van der Waals surface area contributed by atoms with Gasteiger partial charge in [-0.1, -0.05) is 24.3 Å². The van der Waals surface area contributed by atoms with Gasteiger partial charge in [0.05, 0.1) is 24.3 Å². The Labute approximate surface area is 180 Å². The Morgan fingerprint density at radius 2 is 2.03 bits per heavy atom. The van der Waals surface area contributed by atoms with Gasteiger partial charge in [-0.05, 0) is 36.6 Å². The van der Waals surface area contributed by atoms with E-state index in [1.807, 2.05) is 42.5 Å². The average molecular weight is 422 g/mol. The van der Waals surface area contributed by atoms with E-state index in [9.17, 15) is 9.59 Å². The smallest absolute Gasteiger partial charge is 0.252 e. The van der Waals surface area contributed by atoms with E-state index in [0.717, 1.165) is 35.9 Å². The van der Waals surface area contributed by atoms with Crippen LogP contribution < -0.4 is 20.3 Å². The molecule has 7 nitrogen and oxygen atoms in total. The number of carbonyl (C=O) groups is 1. The molecule has 1 aliphatic heterocycles. The minimum absolute atomic E-state index is 0.122. The van der Waals surface area contributed by atoms with Gasteiger partial charge in [0.15, 0.2) is 11.5 Å². The van der Waals surface area contributed by atoms with Crippen LogP contribution >= 0.6 is 0 Å². The Balaban J connectivity index is 1.46. The lowest BCUT2D eigenvalue weighted by Gasteiger charge is -2.15. The number of aromatic nitrogens is 1. The number of benzene rings is 2. The molecule has 3 aromatic rings. The van der Waals surface area contributed by atoms with E-state index < -0.39 is 0 Å². The summed E-state index contributed by atoms with van der Waals surface area (Å²) < 4.78 is 18.4. The number of nitrogens with one attached hydrogen (secondary N) is 1. The summed E-state index contributed by atoms with van der Waals surface area (Å²) in [5.41, 5.74) is 1.72. The molecule has 0 bridgehead atoms. The second-order valence-electron chi connectivity index (χ2n) is 7.59. The predicted molar refractivity (Wildman–Crippen MR) is 118 cm³/mol. The molecule has 1 amide bonds. The first-order chi connectivity index (χ1) is 15.1. The summed E-state index contributed by atoms with van der Waals surface area (Å²) in [6.45, 7) is 1.57. The minimum Gasteiger partial charge on any atom is -0.493 e. The number of amides is 1. The molecule has 1 N–H and O–H groups in total. The highest BCUT2D eigenvalue weighted by molar-refractivity contribution is 6.06. The molecule has 1 saturated heterocycles. The van der Waals surface area contributed by atoms with Crippen molar-refractivity contribution in [1.82, 2.24) is 9.88 Å². The zero-order valence-electron chi connectivity index (χ0n) is 17.7. The third-order valence-electron chi connectivity index (χ3n) is 5.53. The van der Waals surface area contributed by atoms with Gasteiger partial charge in [-0.3, -0.25) is 9.59 Å².